The number of non-ortho nitro benzene ring substituents is 1. The predicted molar refractivity (Wildman–Crippen MR) is 85.1 cm³/mol. The summed E-state index contributed by atoms with van der Waals surface area (Å²) in [5.74, 6) is -0.735. The third-order valence-corrected chi connectivity index (χ3v) is 3.21. The Morgan fingerprint density at radius 1 is 1.17 bits per heavy atom. The van der Waals surface area contributed by atoms with Gasteiger partial charge in [0.1, 0.15) is 5.75 Å². The number of esters is 1. The molecule has 2 aromatic carbocycles. The molecule has 0 unspecified atom stereocenters. The largest absolute Gasteiger partial charge is 0.497 e. The number of nitrogens with zero attached hydrogens (tertiary/aromatic N) is 1. The number of ketones is 1. The van der Waals surface area contributed by atoms with E-state index >= 15 is 0 Å². The lowest BCUT2D eigenvalue weighted by molar-refractivity contribution is -0.384. The Kier molecular flexibility index (Phi) is 5.10. The van der Waals surface area contributed by atoms with Crippen LogP contribution in [0.3, 0.4) is 0 Å². The van der Waals surface area contributed by atoms with Crippen molar-refractivity contribution < 1.29 is 24.0 Å². The molecule has 124 valence electrons. The lowest BCUT2D eigenvalue weighted by Crippen LogP contribution is -2.15. The number of Topliss-reactive ketones (excluding diaryl/α,β-unsaturated/α-hetero) is 1. The summed E-state index contributed by atoms with van der Waals surface area (Å²) in [6.07, 6.45) is 0. The van der Waals surface area contributed by atoms with E-state index in [0.29, 0.717) is 11.3 Å². The number of hydrogen-bond acceptors (Lipinski definition) is 7. The standard InChI is InChI=1S/C16H14N2O6/c1-23-12-5-2-10(3-6-12)15(19)9-24-16(20)13-8-11(18(21)22)4-7-14(13)17/h2-8H,9,17H2,1H3. The maximum atomic E-state index is 12.0. The van der Waals surface area contributed by atoms with Gasteiger partial charge < -0.3 is 15.2 Å². The van der Waals surface area contributed by atoms with Crippen molar-refractivity contribution in [3.63, 3.8) is 0 Å². The lowest BCUT2D eigenvalue weighted by Gasteiger charge is -2.07. The van der Waals surface area contributed by atoms with Crippen LogP contribution >= 0.6 is 0 Å². The van der Waals surface area contributed by atoms with Gasteiger partial charge in [-0.2, -0.15) is 0 Å². The van der Waals surface area contributed by atoms with Crippen molar-refractivity contribution in [2.24, 2.45) is 0 Å². The van der Waals surface area contributed by atoms with Crippen molar-refractivity contribution in [3.05, 3.63) is 63.7 Å². The molecular weight excluding hydrogens is 316 g/mol. The van der Waals surface area contributed by atoms with E-state index in [1.807, 2.05) is 0 Å². The maximum absolute atomic E-state index is 12.0. The van der Waals surface area contributed by atoms with Crippen LogP contribution in [0.4, 0.5) is 11.4 Å². The van der Waals surface area contributed by atoms with E-state index in [2.05, 4.69) is 0 Å². The zero-order chi connectivity index (χ0) is 17.7. The highest BCUT2D eigenvalue weighted by atomic mass is 16.6. The first-order valence-corrected chi connectivity index (χ1v) is 6.80. The molecule has 0 atom stereocenters. The second-order valence-corrected chi connectivity index (χ2v) is 4.76. The first kappa shape index (κ1) is 16.9. The Morgan fingerprint density at radius 2 is 1.83 bits per heavy atom. The van der Waals surface area contributed by atoms with Gasteiger partial charge in [-0.05, 0) is 30.3 Å². The van der Waals surface area contributed by atoms with Crippen molar-refractivity contribution in [3.8, 4) is 5.75 Å². The van der Waals surface area contributed by atoms with Crippen molar-refractivity contribution in [2.75, 3.05) is 19.5 Å². The molecule has 8 heteroatoms. The monoisotopic (exact) mass is 330 g/mol. The van der Waals surface area contributed by atoms with E-state index in [1.165, 1.54) is 31.4 Å². The number of hydrogen-bond donors (Lipinski definition) is 1. The normalized spacial score (nSPS) is 10.0. The molecule has 0 aliphatic rings. The third-order valence-electron chi connectivity index (χ3n) is 3.21. The zero-order valence-corrected chi connectivity index (χ0v) is 12.7. The number of ether oxygens (including phenoxy) is 2. The molecule has 2 rings (SSSR count). The van der Waals surface area contributed by atoms with Crippen molar-refractivity contribution in [1.29, 1.82) is 0 Å². The summed E-state index contributed by atoms with van der Waals surface area (Å²) in [6, 6.07) is 9.71. The van der Waals surface area contributed by atoms with Gasteiger partial charge in [0.15, 0.2) is 12.4 Å². The highest BCUT2D eigenvalue weighted by molar-refractivity contribution is 6.01. The average molecular weight is 330 g/mol. The van der Waals surface area contributed by atoms with Crippen LogP contribution in [0.15, 0.2) is 42.5 Å². The van der Waals surface area contributed by atoms with Gasteiger partial charge in [0.05, 0.1) is 17.6 Å². The summed E-state index contributed by atoms with van der Waals surface area (Å²) in [5.41, 5.74) is 5.54. The molecular formula is C16H14N2O6. The first-order valence-electron chi connectivity index (χ1n) is 6.80. The Bertz CT molecular complexity index is 786. The maximum Gasteiger partial charge on any atom is 0.340 e. The highest BCUT2D eigenvalue weighted by Crippen LogP contribution is 2.20. The zero-order valence-electron chi connectivity index (χ0n) is 12.7. The van der Waals surface area contributed by atoms with Crippen LogP contribution in [-0.2, 0) is 4.74 Å². The highest BCUT2D eigenvalue weighted by Gasteiger charge is 2.18. The Balaban J connectivity index is 2.05. The van der Waals surface area contributed by atoms with Crippen LogP contribution < -0.4 is 10.5 Å². The molecule has 0 fully saturated rings. The van der Waals surface area contributed by atoms with Crippen LogP contribution in [0.1, 0.15) is 20.7 Å². The van der Waals surface area contributed by atoms with Crippen LogP contribution in [0.5, 0.6) is 5.75 Å². The number of nitro groups is 1. The molecule has 0 aliphatic carbocycles. The number of anilines is 1. The summed E-state index contributed by atoms with van der Waals surface area (Å²) in [4.78, 5) is 34.0. The molecule has 2 N–H and O–H groups in total. The fourth-order valence-corrected chi connectivity index (χ4v) is 1.90. The predicted octanol–water partition coefficient (Wildman–Crippen LogP) is 2.23. The van der Waals surface area contributed by atoms with Crippen molar-refractivity contribution in [1.82, 2.24) is 0 Å². The van der Waals surface area contributed by atoms with Gasteiger partial charge in [-0.3, -0.25) is 14.9 Å². The van der Waals surface area contributed by atoms with Gasteiger partial charge in [0.25, 0.3) is 5.69 Å². The molecule has 24 heavy (non-hydrogen) atoms. The number of nitrogen functional groups attached to an aromatic ring is 1. The first-order chi connectivity index (χ1) is 11.4. The SMILES string of the molecule is COc1ccc(C(=O)COC(=O)c2cc([N+](=O)[O-])ccc2N)cc1. The molecule has 0 spiro atoms. The minimum Gasteiger partial charge on any atom is -0.497 e. The summed E-state index contributed by atoms with van der Waals surface area (Å²) in [5, 5.41) is 10.7. The van der Waals surface area contributed by atoms with Gasteiger partial charge in [-0.15, -0.1) is 0 Å². The van der Waals surface area contributed by atoms with Gasteiger partial charge in [-0.1, -0.05) is 0 Å². The Hall–Kier alpha value is -3.42. The minimum atomic E-state index is -0.905. The number of carbonyl (C=O) groups is 2. The number of nitro benzene ring substituents is 1. The van der Waals surface area contributed by atoms with Gasteiger partial charge in [-0.25, -0.2) is 4.79 Å². The fraction of sp³-hybridized carbons (Fsp3) is 0.125. The summed E-state index contributed by atoms with van der Waals surface area (Å²) < 4.78 is 9.88. The van der Waals surface area contributed by atoms with Gasteiger partial charge in [0, 0.05) is 23.4 Å². The van der Waals surface area contributed by atoms with Crippen LogP contribution in [0, 0.1) is 10.1 Å². The number of nitrogens with two attached hydrogens (primary N) is 1. The molecule has 0 aliphatic heterocycles. The van der Waals surface area contributed by atoms with E-state index in [0.717, 1.165) is 6.07 Å². The number of rotatable bonds is 6. The van der Waals surface area contributed by atoms with Gasteiger partial charge in [0.2, 0.25) is 0 Å². The van der Waals surface area contributed by atoms with Crippen LogP contribution in [0.25, 0.3) is 0 Å². The molecule has 0 heterocycles. The Labute approximate surface area is 136 Å². The van der Waals surface area contributed by atoms with E-state index in [4.69, 9.17) is 15.2 Å². The number of methoxy groups -OCH3 is 1. The Morgan fingerprint density at radius 3 is 2.42 bits per heavy atom. The summed E-state index contributed by atoms with van der Waals surface area (Å²) in [7, 11) is 1.50. The molecule has 8 nitrogen and oxygen atoms in total. The van der Waals surface area contributed by atoms with Crippen molar-refractivity contribution in [2.45, 2.75) is 0 Å². The quantitative estimate of drug-likeness (QED) is 0.283. The molecule has 0 aromatic heterocycles. The fourth-order valence-electron chi connectivity index (χ4n) is 1.90. The summed E-state index contributed by atoms with van der Waals surface area (Å²) in [6.45, 7) is -0.507. The third kappa shape index (κ3) is 3.86. The van der Waals surface area contributed by atoms with E-state index < -0.39 is 23.3 Å². The molecule has 2 aromatic rings. The molecule has 0 amide bonds. The molecule has 0 saturated heterocycles. The second kappa shape index (κ2) is 7.23. The van der Waals surface area contributed by atoms with Crippen molar-refractivity contribution >= 4 is 23.1 Å². The van der Waals surface area contributed by atoms with E-state index in [1.54, 1.807) is 12.1 Å². The van der Waals surface area contributed by atoms with E-state index in [-0.39, 0.29) is 16.9 Å². The van der Waals surface area contributed by atoms with Crippen LogP contribution in [-0.4, -0.2) is 30.4 Å². The van der Waals surface area contributed by atoms with Gasteiger partial charge >= 0.3 is 5.97 Å². The number of carbonyl (C=O) groups excluding carboxylic acids is 2. The summed E-state index contributed by atoms with van der Waals surface area (Å²) >= 11 is 0. The molecule has 0 saturated carbocycles. The smallest absolute Gasteiger partial charge is 0.340 e. The molecule has 0 radical (unpaired) electrons. The van der Waals surface area contributed by atoms with E-state index in [9.17, 15) is 19.7 Å². The van der Waals surface area contributed by atoms with Crippen LogP contribution in [0.2, 0.25) is 0 Å². The molecule has 0 bridgehead atoms. The number of benzene rings is 2. The minimum absolute atomic E-state index is 0.0301. The second-order valence-electron chi connectivity index (χ2n) is 4.76. The average Bonchev–Trinajstić information content (AvgIpc) is 2.59. The topological polar surface area (TPSA) is 122 Å². The lowest BCUT2D eigenvalue weighted by atomic mass is 10.1.